The van der Waals surface area contributed by atoms with Crippen molar-refractivity contribution in [1.82, 2.24) is 4.57 Å². The molecule has 1 aromatic carbocycles. The highest BCUT2D eigenvalue weighted by atomic mass is 35.5. The van der Waals surface area contributed by atoms with Gasteiger partial charge in [-0.1, -0.05) is 78.5 Å². The zero-order valence-corrected chi connectivity index (χ0v) is 25.1. The summed E-state index contributed by atoms with van der Waals surface area (Å²) in [4.78, 5) is 11.5. The van der Waals surface area contributed by atoms with Gasteiger partial charge in [0, 0.05) is 30.8 Å². The number of nitrogens with two attached hydrogens (primary N) is 1. The second-order valence-electron chi connectivity index (χ2n) is 12.6. The molecule has 6 nitrogen and oxygen atoms in total. The monoisotopic (exact) mass is 549 g/mol. The van der Waals surface area contributed by atoms with E-state index in [1.807, 2.05) is 6.92 Å². The Balaban J connectivity index is 2.30. The van der Waals surface area contributed by atoms with Crippen LogP contribution in [0.25, 0.3) is 11.3 Å². The number of aromatic nitrogens is 1. The second-order valence-corrected chi connectivity index (χ2v) is 13.9. The van der Waals surface area contributed by atoms with Crippen molar-refractivity contribution < 1.29 is 13.2 Å². The zero-order chi connectivity index (χ0) is 27.7. The van der Waals surface area contributed by atoms with Crippen LogP contribution in [0.1, 0.15) is 96.9 Å². The molecule has 0 radical (unpaired) electrons. The summed E-state index contributed by atoms with van der Waals surface area (Å²) >= 11 is 7.13. The van der Waals surface area contributed by atoms with Crippen molar-refractivity contribution in [2.24, 2.45) is 11.7 Å². The standard InChI is InChI=1S/C29H44ClN3O3S/c1-19-26(33(37(35)36)14-13-24(31)34)25(30)27(32(19)18-20-11-9-8-10-12-20)21-15-22(28(2,3)4)17-23(16-21)29(5,6)7/h15-17,20,37H,8-14,18H2,1-7H3,(H2,31,34). The first kappa shape index (κ1) is 29.6. The topological polar surface area (TPSA) is 85.4 Å². The highest BCUT2D eigenvalue weighted by Crippen LogP contribution is 2.44. The number of amides is 1. The Morgan fingerprint density at radius 1 is 1.03 bits per heavy atom. The Morgan fingerprint density at radius 3 is 2.03 bits per heavy atom. The minimum absolute atomic E-state index is 0.0310. The molecule has 0 atom stereocenters. The average Bonchev–Trinajstić information content (AvgIpc) is 3.02. The lowest BCUT2D eigenvalue weighted by atomic mass is 9.79. The lowest BCUT2D eigenvalue weighted by Crippen LogP contribution is -2.27. The van der Waals surface area contributed by atoms with Gasteiger partial charge in [0.15, 0.2) is 0 Å². The van der Waals surface area contributed by atoms with Crippen LogP contribution in [0.4, 0.5) is 5.69 Å². The first-order chi connectivity index (χ1) is 17.1. The SMILES string of the molecule is Cc1c(N(CCC(N)=O)[SH](=O)=O)c(Cl)c(-c2cc(C(C)(C)C)cc(C(C)(C)C)c2)n1CC1CCCCC1. The van der Waals surface area contributed by atoms with Gasteiger partial charge >= 0.3 is 0 Å². The molecule has 1 heterocycles. The number of halogens is 1. The van der Waals surface area contributed by atoms with Gasteiger partial charge in [0.1, 0.15) is 0 Å². The van der Waals surface area contributed by atoms with Crippen LogP contribution in [0.3, 0.4) is 0 Å². The molecule has 1 aliphatic rings. The van der Waals surface area contributed by atoms with E-state index in [2.05, 4.69) is 64.3 Å². The molecular weight excluding hydrogens is 506 g/mol. The fourth-order valence-corrected chi connectivity index (χ4v) is 6.43. The molecule has 206 valence electrons. The Bertz CT molecular complexity index is 1170. The van der Waals surface area contributed by atoms with E-state index in [0.717, 1.165) is 36.3 Å². The fourth-order valence-electron chi connectivity index (χ4n) is 5.25. The lowest BCUT2D eigenvalue weighted by molar-refractivity contribution is -0.117. The van der Waals surface area contributed by atoms with Crippen molar-refractivity contribution in [3.63, 3.8) is 0 Å². The van der Waals surface area contributed by atoms with Gasteiger partial charge in [-0.15, -0.1) is 0 Å². The molecule has 0 saturated heterocycles. The summed E-state index contributed by atoms with van der Waals surface area (Å²) in [5.41, 5.74) is 10.7. The summed E-state index contributed by atoms with van der Waals surface area (Å²) in [5.74, 6) is -0.0410. The lowest BCUT2D eigenvalue weighted by Gasteiger charge is -2.27. The van der Waals surface area contributed by atoms with Gasteiger partial charge < -0.3 is 10.3 Å². The molecule has 1 fully saturated rings. The zero-order valence-electron chi connectivity index (χ0n) is 23.5. The molecular formula is C29H44ClN3O3S. The minimum atomic E-state index is -3.01. The largest absolute Gasteiger partial charge is 0.370 e. The maximum absolute atomic E-state index is 12.4. The van der Waals surface area contributed by atoms with Crippen LogP contribution < -0.4 is 10.0 Å². The highest BCUT2D eigenvalue weighted by Gasteiger charge is 2.29. The number of rotatable bonds is 8. The van der Waals surface area contributed by atoms with Crippen LogP contribution in [0, 0.1) is 12.8 Å². The molecule has 1 saturated carbocycles. The first-order valence-corrected chi connectivity index (χ1v) is 14.9. The normalized spacial score (nSPS) is 15.4. The smallest absolute Gasteiger partial charge is 0.225 e. The first-order valence-electron chi connectivity index (χ1n) is 13.4. The van der Waals surface area contributed by atoms with Gasteiger partial charge in [0.25, 0.3) is 0 Å². The van der Waals surface area contributed by atoms with E-state index in [4.69, 9.17) is 17.3 Å². The summed E-state index contributed by atoms with van der Waals surface area (Å²) in [7, 11) is -3.01. The van der Waals surface area contributed by atoms with E-state index in [-0.39, 0.29) is 23.8 Å². The number of hydrogen-bond acceptors (Lipinski definition) is 3. The van der Waals surface area contributed by atoms with Crippen LogP contribution in [-0.4, -0.2) is 25.4 Å². The van der Waals surface area contributed by atoms with Crippen molar-refractivity contribution in [2.45, 2.75) is 104 Å². The van der Waals surface area contributed by atoms with Gasteiger partial charge in [-0.2, -0.15) is 0 Å². The van der Waals surface area contributed by atoms with Gasteiger partial charge in [0.05, 0.1) is 16.4 Å². The Morgan fingerprint density at radius 2 is 1.57 bits per heavy atom. The minimum Gasteiger partial charge on any atom is -0.370 e. The Hall–Kier alpha value is -1.99. The van der Waals surface area contributed by atoms with Crippen molar-refractivity contribution in [3.05, 3.63) is 40.0 Å². The van der Waals surface area contributed by atoms with Gasteiger partial charge in [-0.25, -0.2) is 8.42 Å². The molecule has 0 aliphatic heterocycles. The summed E-state index contributed by atoms with van der Waals surface area (Å²) < 4.78 is 28.2. The predicted molar refractivity (Wildman–Crippen MR) is 155 cm³/mol. The number of primary amides is 1. The number of thiol groups is 1. The van der Waals surface area contributed by atoms with Crippen LogP contribution in [0.2, 0.25) is 5.02 Å². The Kier molecular flexibility index (Phi) is 9.11. The van der Waals surface area contributed by atoms with E-state index in [9.17, 15) is 13.2 Å². The van der Waals surface area contributed by atoms with E-state index >= 15 is 0 Å². The summed E-state index contributed by atoms with van der Waals surface area (Å²) in [6.07, 6.45) is 5.93. The van der Waals surface area contributed by atoms with Crippen molar-refractivity contribution >= 4 is 34.1 Å². The molecule has 37 heavy (non-hydrogen) atoms. The van der Waals surface area contributed by atoms with E-state index in [1.54, 1.807) is 0 Å². The molecule has 1 amide bonds. The number of carbonyl (C=O) groups is 1. The third-order valence-electron chi connectivity index (χ3n) is 7.56. The summed E-state index contributed by atoms with van der Waals surface area (Å²) in [5, 5.41) is 0.405. The number of benzene rings is 1. The molecule has 2 aromatic rings. The molecule has 1 aromatic heterocycles. The van der Waals surface area contributed by atoms with Crippen LogP contribution >= 0.6 is 11.6 Å². The van der Waals surface area contributed by atoms with Crippen LogP contribution in [0.15, 0.2) is 18.2 Å². The summed E-state index contributed by atoms with van der Waals surface area (Å²) in [6, 6.07) is 6.66. The van der Waals surface area contributed by atoms with E-state index in [1.165, 1.54) is 34.7 Å². The number of carbonyl (C=O) groups excluding carboxylic acids is 1. The van der Waals surface area contributed by atoms with Crippen molar-refractivity contribution in [1.29, 1.82) is 0 Å². The number of nitrogens with zero attached hydrogens (tertiary/aromatic N) is 2. The fraction of sp³-hybridized carbons (Fsp3) is 0.621. The van der Waals surface area contributed by atoms with E-state index < -0.39 is 16.8 Å². The van der Waals surface area contributed by atoms with Gasteiger partial charge in [0.2, 0.25) is 16.8 Å². The van der Waals surface area contributed by atoms with Crippen molar-refractivity contribution in [3.8, 4) is 11.3 Å². The third kappa shape index (κ3) is 6.91. The van der Waals surface area contributed by atoms with Crippen LogP contribution in [0.5, 0.6) is 0 Å². The maximum Gasteiger partial charge on any atom is 0.225 e. The molecule has 0 spiro atoms. The van der Waals surface area contributed by atoms with Crippen LogP contribution in [-0.2, 0) is 33.1 Å². The molecule has 2 N–H and O–H groups in total. The number of anilines is 1. The molecule has 1 aliphatic carbocycles. The number of hydrogen-bond donors (Lipinski definition) is 2. The van der Waals surface area contributed by atoms with Gasteiger partial charge in [-0.3, -0.25) is 9.10 Å². The molecule has 0 bridgehead atoms. The Labute approximate surface area is 229 Å². The molecule has 3 rings (SSSR count). The second kappa shape index (κ2) is 11.4. The molecule has 8 heteroatoms. The molecule has 0 unspecified atom stereocenters. The third-order valence-corrected chi connectivity index (χ3v) is 8.71. The van der Waals surface area contributed by atoms with E-state index in [0.29, 0.717) is 16.6 Å². The highest BCUT2D eigenvalue weighted by molar-refractivity contribution is 7.74. The maximum atomic E-state index is 12.4. The quantitative estimate of drug-likeness (QED) is 0.368. The average molecular weight is 550 g/mol. The summed E-state index contributed by atoms with van der Waals surface area (Å²) in [6.45, 7) is 15.9. The van der Waals surface area contributed by atoms with Gasteiger partial charge in [-0.05, 0) is 59.8 Å². The van der Waals surface area contributed by atoms with Crippen molar-refractivity contribution in [2.75, 3.05) is 10.8 Å². The predicted octanol–water partition coefficient (Wildman–Crippen LogP) is 6.50.